The Labute approximate surface area is 116 Å². The van der Waals surface area contributed by atoms with E-state index in [0.717, 1.165) is 22.1 Å². The van der Waals surface area contributed by atoms with Crippen molar-refractivity contribution in [2.75, 3.05) is 0 Å². The minimum absolute atomic E-state index is 0.110. The van der Waals surface area contributed by atoms with E-state index in [1.54, 1.807) is 17.4 Å². The molecule has 0 bridgehead atoms. The Morgan fingerprint density at radius 3 is 2.42 bits per heavy atom. The molecule has 19 heavy (non-hydrogen) atoms. The molecule has 2 heterocycles. The lowest BCUT2D eigenvalue weighted by atomic mass is 10.2. The fourth-order valence-corrected chi connectivity index (χ4v) is 3.61. The van der Waals surface area contributed by atoms with Crippen LogP contribution in [0.15, 0.2) is 6.07 Å². The first-order chi connectivity index (χ1) is 8.82. The number of carbonyl (C=O) groups is 1. The first kappa shape index (κ1) is 13.8. The summed E-state index contributed by atoms with van der Waals surface area (Å²) >= 11 is 1.67. The quantitative estimate of drug-likeness (QED) is 0.935. The fraction of sp³-hybridized carbons (Fsp3) is 0.429. The van der Waals surface area contributed by atoms with Crippen molar-refractivity contribution in [3.63, 3.8) is 0 Å². The molecule has 0 aliphatic heterocycles. The van der Waals surface area contributed by atoms with Crippen molar-refractivity contribution in [3.05, 3.63) is 38.6 Å². The molecule has 2 rings (SSSR count). The Balaban J connectivity index is 2.53. The largest absolute Gasteiger partial charge is 0.478 e. The van der Waals surface area contributed by atoms with Gasteiger partial charge in [-0.15, -0.1) is 11.3 Å². The van der Waals surface area contributed by atoms with E-state index >= 15 is 0 Å². The molecule has 5 heteroatoms. The third-order valence-electron chi connectivity index (χ3n) is 3.42. The van der Waals surface area contributed by atoms with Gasteiger partial charge in [0, 0.05) is 11.4 Å². The molecule has 0 saturated carbocycles. The molecule has 2 aromatic heterocycles. The number of carboxylic acids is 1. The Hall–Kier alpha value is -1.62. The molecular formula is C14H18N2O2S. The Bertz CT molecular complexity index is 640. The highest BCUT2D eigenvalue weighted by Gasteiger charge is 2.21. The zero-order chi connectivity index (χ0) is 14.3. The molecule has 1 atom stereocenters. The van der Waals surface area contributed by atoms with E-state index in [-0.39, 0.29) is 6.04 Å². The van der Waals surface area contributed by atoms with Gasteiger partial charge >= 0.3 is 5.97 Å². The number of aromatic carboxylic acids is 1. The first-order valence-electron chi connectivity index (χ1n) is 6.18. The summed E-state index contributed by atoms with van der Waals surface area (Å²) in [6, 6.07) is 1.84. The van der Waals surface area contributed by atoms with Gasteiger partial charge in [-0.3, -0.25) is 0 Å². The van der Waals surface area contributed by atoms with Crippen molar-refractivity contribution >= 4 is 17.3 Å². The zero-order valence-electron chi connectivity index (χ0n) is 11.8. The van der Waals surface area contributed by atoms with Gasteiger partial charge in [-0.05, 0) is 40.7 Å². The Kier molecular flexibility index (Phi) is 3.49. The summed E-state index contributed by atoms with van der Waals surface area (Å²) in [5.74, 6) is -0.872. The van der Waals surface area contributed by atoms with Gasteiger partial charge < -0.3 is 9.67 Å². The normalized spacial score (nSPS) is 12.7. The molecule has 0 saturated heterocycles. The van der Waals surface area contributed by atoms with Crippen molar-refractivity contribution in [1.82, 2.24) is 9.55 Å². The average Bonchev–Trinajstić information content (AvgIpc) is 2.78. The van der Waals surface area contributed by atoms with Crippen LogP contribution in [-0.4, -0.2) is 20.6 Å². The predicted octanol–water partition coefficient (Wildman–Crippen LogP) is 3.49. The van der Waals surface area contributed by atoms with Gasteiger partial charge in [-0.25, -0.2) is 9.78 Å². The predicted molar refractivity (Wildman–Crippen MR) is 76.3 cm³/mol. The third kappa shape index (κ3) is 2.30. The maximum Gasteiger partial charge on any atom is 0.337 e. The number of nitrogens with zero attached hydrogens (tertiary/aromatic N) is 2. The summed E-state index contributed by atoms with van der Waals surface area (Å²) < 4.78 is 2.07. The molecule has 2 aromatic rings. The lowest BCUT2D eigenvalue weighted by molar-refractivity contribution is 0.0696. The van der Waals surface area contributed by atoms with Crippen LogP contribution < -0.4 is 0 Å². The smallest absolute Gasteiger partial charge is 0.337 e. The number of thiazole rings is 1. The highest BCUT2D eigenvalue weighted by Crippen LogP contribution is 2.31. The summed E-state index contributed by atoms with van der Waals surface area (Å²) in [5, 5.41) is 10.2. The minimum atomic E-state index is -0.872. The van der Waals surface area contributed by atoms with Gasteiger partial charge in [0.25, 0.3) is 0 Å². The van der Waals surface area contributed by atoms with E-state index in [1.807, 2.05) is 27.7 Å². The van der Waals surface area contributed by atoms with Crippen molar-refractivity contribution in [2.45, 2.75) is 40.7 Å². The van der Waals surface area contributed by atoms with E-state index in [2.05, 4.69) is 16.5 Å². The number of carboxylic acid groups (broad SMARTS) is 1. The third-order valence-corrected chi connectivity index (χ3v) is 4.66. The molecule has 0 spiro atoms. The molecule has 0 aliphatic rings. The van der Waals surface area contributed by atoms with Crippen LogP contribution in [0.5, 0.6) is 0 Å². The van der Waals surface area contributed by atoms with Crippen LogP contribution in [0, 0.1) is 27.7 Å². The van der Waals surface area contributed by atoms with Crippen molar-refractivity contribution in [2.24, 2.45) is 0 Å². The van der Waals surface area contributed by atoms with Crippen molar-refractivity contribution < 1.29 is 9.90 Å². The number of aromatic nitrogens is 2. The summed E-state index contributed by atoms with van der Waals surface area (Å²) in [5.41, 5.74) is 3.17. The molecule has 1 N–H and O–H groups in total. The molecule has 0 aliphatic carbocycles. The monoisotopic (exact) mass is 278 g/mol. The van der Waals surface area contributed by atoms with Gasteiger partial charge in [0.2, 0.25) is 0 Å². The first-order valence-corrected chi connectivity index (χ1v) is 7.00. The van der Waals surface area contributed by atoms with E-state index < -0.39 is 5.97 Å². The van der Waals surface area contributed by atoms with Crippen LogP contribution >= 0.6 is 11.3 Å². The van der Waals surface area contributed by atoms with Crippen LogP contribution in [0.2, 0.25) is 0 Å². The van der Waals surface area contributed by atoms with Crippen LogP contribution in [-0.2, 0) is 0 Å². The summed E-state index contributed by atoms with van der Waals surface area (Å²) in [4.78, 5) is 16.8. The SMILES string of the molecule is Cc1nc(C)c(C(C)n2c(C)cc(C(=O)O)c2C)s1. The summed E-state index contributed by atoms with van der Waals surface area (Å²) in [6.07, 6.45) is 0. The van der Waals surface area contributed by atoms with Gasteiger partial charge in [0.15, 0.2) is 0 Å². The molecule has 0 aromatic carbocycles. The molecule has 0 amide bonds. The van der Waals surface area contributed by atoms with Crippen LogP contribution in [0.25, 0.3) is 0 Å². The van der Waals surface area contributed by atoms with E-state index in [1.165, 1.54) is 4.88 Å². The number of rotatable bonds is 3. The zero-order valence-corrected chi connectivity index (χ0v) is 12.6. The highest BCUT2D eigenvalue weighted by molar-refractivity contribution is 7.11. The van der Waals surface area contributed by atoms with Crippen LogP contribution in [0.1, 0.15) is 50.3 Å². The summed E-state index contributed by atoms with van der Waals surface area (Å²) in [6.45, 7) is 9.88. The topological polar surface area (TPSA) is 55.1 Å². The van der Waals surface area contributed by atoms with E-state index in [4.69, 9.17) is 0 Å². The van der Waals surface area contributed by atoms with Gasteiger partial charge in [-0.2, -0.15) is 0 Å². The second-order valence-electron chi connectivity index (χ2n) is 4.82. The molecular weight excluding hydrogens is 260 g/mol. The number of aryl methyl sites for hydroxylation is 3. The molecule has 4 nitrogen and oxygen atoms in total. The maximum absolute atomic E-state index is 11.2. The summed E-state index contributed by atoms with van der Waals surface area (Å²) in [7, 11) is 0. The lowest BCUT2D eigenvalue weighted by Crippen LogP contribution is -2.11. The lowest BCUT2D eigenvalue weighted by Gasteiger charge is -2.17. The second kappa shape index (κ2) is 4.81. The van der Waals surface area contributed by atoms with Crippen molar-refractivity contribution in [3.8, 4) is 0 Å². The maximum atomic E-state index is 11.2. The van der Waals surface area contributed by atoms with E-state index in [0.29, 0.717) is 5.56 Å². The Morgan fingerprint density at radius 2 is 2.00 bits per heavy atom. The Morgan fingerprint density at radius 1 is 1.37 bits per heavy atom. The minimum Gasteiger partial charge on any atom is -0.478 e. The molecule has 102 valence electrons. The van der Waals surface area contributed by atoms with Crippen LogP contribution in [0.3, 0.4) is 0 Å². The molecule has 0 fully saturated rings. The highest BCUT2D eigenvalue weighted by atomic mass is 32.1. The van der Waals surface area contributed by atoms with Gasteiger partial charge in [0.1, 0.15) is 0 Å². The second-order valence-corrected chi connectivity index (χ2v) is 6.05. The van der Waals surface area contributed by atoms with Gasteiger partial charge in [0.05, 0.1) is 27.2 Å². The fourth-order valence-electron chi connectivity index (χ4n) is 2.64. The van der Waals surface area contributed by atoms with Gasteiger partial charge in [-0.1, -0.05) is 0 Å². The number of hydrogen-bond donors (Lipinski definition) is 1. The van der Waals surface area contributed by atoms with Crippen molar-refractivity contribution in [1.29, 1.82) is 0 Å². The molecule has 1 unspecified atom stereocenters. The van der Waals surface area contributed by atoms with E-state index in [9.17, 15) is 9.90 Å². The standard InChI is InChI=1S/C14H18N2O2S/c1-7-6-12(14(17)18)9(3)16(7)10(4)13-8(2)15-11(5)19-13/h6,10H,1-5H3,(H,17,18). The average molecular weight is 278 g/mol. The van der Waals surface area contributed by atoms with Crippen LogP contribution in [0.4, 0.5) is 0 Å². The molecule has 0 radical (unpaired) electrons. The number of hydrogen-bond acceptors (Lipinski definition) is 3.